The van der Waals surface area contributed by atoms with E-state index in [1.54, 1.807) is 0 Å². The Morgan fingerprint density at radius 3 is 2.75 bits per heavy atom. The fourth-order valence-electron chi connectivity index (χ4n) is 2.19. The van der Waals surface area contributed by atoms with Crippen LogP contribution in [0.25, 0.3) is 0 Å². The number of hydrogen-bond donors (Lipinski definition) is 1. The molecule has 1 saturated heterocycles. The molecule has 1 aromatic carbocycles. The van der Waals surface area contributed by atoms with Crippen LogP contribution in [-0.2, 0) is 10.0 Å². The molecule has 1 fully saturated rings. The van der Waals surface area contributed by atoms with Crippen molar-refractivity contribution >= 4 is 27.3 Å². The molecule has 1 N–H and O–H groups in total. The van der Waals surface area contributed by atoms with Crippen LogP contribution in [0.5, 0.6) is 0 Å². The molecule has 2 rings (SSSR count). The van der Waals surface area contributed by atoms with Crippen molar-refractivity contribution in [2.24, 2.45) is 0 Å². The number of likely N-dealkylation sites (N-methyl/N-ethyl adjacent to an activating group) is 1. The topological polar surface area (TPSA) is 92.6 Å². The van der Waals surface area contributed by atoms with Gasteiger partial charge in [-0.3, -0.25) is 10.1 Å². The first-order valence-corrected chi connectivity index (χ1v) is 7.79. The number of benzene rings is 1. The molecule has 1 unspecified atom stereocenters. The van der Waals surface area contributed by atoms with Crippen molar-refractivity contribution in [3.8, 4) is 0 Å². The molecule has 20 heavy (non-hydrogen) atoms. The quantitative estimate of drug-likeness (QED) is 0.665. The minimum Gasteiger partial charge on any atom is -0.315 e. The Balaban J connectivity index is 2.51. The summed E-state index contributed by atoms with van der Waals surface area (Å²) in [6.07, 6.45) is 0.661. The number of nitro benzene ring substituents is 1. The van der Waals surface area contributed by atoms with Crippen LogP contribution in [0.1, 0.15) is 6.42 Å². The van der Waals surface area contributed by atoms with E-state index in [0.29, 0.717) is 13.0 Å². The molecule has 0 spiro atoms. The van der Waals surface area contributed by atoms with E-state index in [2.05, 4.69) is 5.32 Å². The van der Waals surface area contributed by atoms with Gasteiger partial charge in [0.1, 0.15) is 0 Å². The van der Waals surface area contributed by atoms with Crippen LogP contribution in [0.15, 0.2) is 23.1 Å². The van der Waals surface area contributed by atoms with Gasteiger partial charge in [-0.15, -0.1) is 0 Å². The number of nitrogens with zero attached hydrogens (tertiary/aromatic N) is 2. The van der Waals surface area contributed by atoms with Gasteiger partial charge in [0.15, 0.2) is 4.90 Å². The highest BCUT2D eigenvalue weighted by molar-refractivity contribution is 7.89. The molecule has 9 heteroatoms. The van der Waals surface area contributed by atoms with Crippen LogP contribution in [0.2, 0.25) is 5.02 Å². The van der Waals surface area contributed by atoms with E-state index >= 15 is 0 Å². The summed E-state index contributed by atoms with van der Waals surface area (Å²) in [6.45, 7) is 1.24. The first-order chi connectivity index (χ1) is 9.35. The Morgan fingerprint density at radius 2 is 2.20 bits per heavy atom. The van der Waals surface area contributed by atoms with Crippen molar-refractivity contribution < 1.29 is 13.3 Å². The minimum absolute atomic E-state index is 0.142. The van der Waals surface area contributed by atoms with Crippen LogP contribution in [-0.4, -0.2) is 43.8 Å². The van der Waals surface area contributed by atoms with Crippen LogP contribution < -0.4 is 5.32 Å². The molecule has 1 aliphatic heterocycles. The van der Waals surface area contributed by atoms with E-state index in [1.165, 1.54) is 19.2 Å². The molecule has 0 aromatic heterocycles. The number of nitro groups is 1. The third kappa shape index (κ3) is 2.64. The molecule has 1 aromatic rings. The van der Waals surface area contributed by atoms with E-state index in [0.717, 1.165) is 16.9 Å². The van der Waals surface area contributed by atoms with Gasteiger partial charge < -0.3 is 5.32 Å². The predicted octanol–water partition coefficient (Wildman–Crippen LogP) is 1.23. The molecule has 0 amide bonds. The molecule has 0 radical (unpaired) electrons. The maximum Gasteiger partial charge on any atom is 0.290 e. The molecule has 1 heterocycles. The molecule has 0 bridgehead atoms. The number of rotatable bonds is 4. The first kappa shape index (κ1) is 15.2. The summed E-state index contributed by atoms with van der Waals surface area (Å²) >= 11 is 5.88. The lowest BCUT2D eigenvalue weighted by molar-refractivity contribution is -0.387. The maximum atomic E-state index is 12.6. The van der Waals surface area contributed by atoms with Gasteiger partial charge in [0, 0.05) is 25.7 Å². The Bertz CT molecular complexity index is 629. The van der Waals surface area contributed by atoms with Crippen molar-refractivity contribution in [3.05, 3.63) is 33.3 Å². The van der Waals surface area contributed by atoms with Crippen LogP contribution >= 0.6 is 11.6 Å². The lowest BCUT2D eigenvalue weighted by Gasteiger charge is -2.23. The molecule has 0 aliphatic carbocycles. The smallest absolute Gasteiger partial charge is 0.290 e. The van der Waals surface area contributed by atoms with Gasteiger partial charge in [0.05, 0.1) is 9.95 Å². The Hall–Kier alpha value is -1.22. The summed E-state index contributed by atoms with van der Waals surface area (Å²) in [7, 11) is -2.59. The highest BCUT2D eigenvalue weighted by Crippen LogP contribution is 2.33. The Kier molecular flexibility index (Phi) is 4.28. The average Bonchev–Trinajstić information content (AvgIpc) is 2.90. The first-order valence-electron chi connectivity index (χ1n) is 5.97. The maximum absolute atomic E-state index is 12.6. The van der Waals surface area contributed by atoms with Gasteiger partial charge in [0.25, 0.3) is 15.7 Å². The van der Waals surface area contributed by atoms with Crippen LogP contribution in [0, 0.1) is 10.1 Å². The fraction of sp³-hybridized carbons (Fsp3) is 0.455. The summed E-state index contributed by atoms with van der Waals surface area (Å²) in [6, 6.07) is 3.61. The minimum atomic E-state index is -4.01. The third-order valence-electron chi connectivity index (χ3n) is 3.33. The SMILES string of the molecule is CN(C1CCNC1)S(=O)(=O)c1c(Cl)cccc1[N+](=O)[O-]. The standard InChI is InChI=1S/C11H14ClN3O4S/c1-14(8-5-6-13-7-8)20(18,19)11-9(12)3-2-4-10(11)15(16)17/h2-4,8,13H,5-7H2,1H3. The van der Waals surface area contributed by atoms with Gasteiger partial charge in [-0.25, -0.2) is 8.42 Å². The molecule has 1 atom stereocenters. The molecule has 7 nitrogen and oxygen atoms in total. The Labute approximate surface area is 121 Å². The van der Waals surface area contributed by atoms with E-state index < -0.39 is 25.5 Å². The summed E-state index contributed by atoms with van der Waals surface area (Å²) < 4.78 is 26.3. The van der Waals surface area contributed by atoms with Crippen molar-refractivity contribution in [3.63, 3.8) is 0 Å². The lowest BCUT2D eigenvalue weighted by atomic mass is 10.3. The highest BCUT2D eigenvalue weighted by atomic mass is 35.5. The lowest BCUT2D eigenvalue weighted by Crippen LogP contribution is -2.38. The highest BCUT2D eigenvalue weighted by Gasteiger charge is 2.36. The van der Waals surface area contributed by atoms with Crippen molar-refractivity contribution in [1.29, 1.82) is 0 Å². The molecule has 110 valence electrons. The van der Waals surface area contributed by atoms with Gasteiger partial charge >= 0.3 is 0 Å². The summed E-state index contributed by atoms with van der Waals surface area (Å²) in [5, 5.41) is 13.9. The molecular weight excluding hydrogens is 306 g/mol. The zero-order chi connectivity index (χ0) is 14.9. The molecule has 1 aliphatic rings. The molecular formula is C11H14ClN3O4S. The van der Waals surface area contributed by atoms with Crippen molar-refractivity contribution in [2.75, 3.05) is 20.1 Å². The number of nitrogens with one attached hydrogen (secondary N) is 1. The van der Waals surface area contributed by atoms with E-state index in [9.17, 15) is 18.5 Å². The van der Waals surface area contributed by atoms with Crippen LogP contribution in [0.3, 0.4) is 0 Å². The average molecular weight is 320 g/mol. The molecule has 0 saturated carbocycles. The second-order valence-corrected chi connectivity index (χ2v) is 6.85. The number of halogens is 1. The van der Waals surface area contributed by atoms with Gasteiger partial charge in [-0.1, -0.05) is 17.7 Å². The van der Waals surface area contributed by atoms with E-state index in [-0.39, 0.29) is 11.1 Å². The normalized spacial score (nSPS) is 19.4. The zero-order valence-electron chi connectivity index (χ0n) is 10.7. The van der Waals surface area contributed by atoms with Crippen LogP contribution in [0.4, 0.5) is 5.69 Å². The summed E-state index contributed by atoms with van der Waals surface area (Å²) in [4.78, 5) is 9.84. The number of sulfonamides is 1. The third-order valence-corrected chi connectivity index (χ3v) is 5.76. The summed E-state index contributed by atoms with van der Waals surface area (Å²) in [5.41, 5.74) is -0.504. The van der Waals surface area contributed by atoms with Crippen molar-refractivity contribution in [1.82, 2.24) is 9.62 Å². The zero-order valence-corrected chi connectivity index (χ0v) is 12.3. The fourth-order valence-corrected chi connectivity index (χ4v) is 4.23. The second kappa shape index (κ2) is 5.65. The Morgan fingerprint density at radius 1 is 1.50 bits per heavy atom. The summed E-state index contributed by atoms with van der Waals surface area (Å²) in [5.74, 6) is 0. The van der Waals surface area contributed by atoms with Crippen molar-refractivity contribution in [2.45, 2.75) is 17.4 Å². The van der Waals surface area contributed by atoms with Gasteiger partial charge in [-0.2, -0.15) is 4.31 Å². The second-order valence-electron chi connectivity index (χ2n) is 4.51. The van der Waals surface area contributed by atoms with E-state index in [1.807, 2.05) is 0 Å². The largest absolute Gasteiger partial charge is 0.315 e. The van der Waals surface area contributed by atoms with E-state index in [4.69, 9.17) is 11.6 Å². The van der Waals surface area contributed by atoms with Gasteiger partial charge in [-0.05, 0) is 19.0 Å². The van der Waals surface area contributed by atoms with Gasteiger partial charge in [0.2, 0.25) is 0 Å². The monoisotopic (exact) mass is 319 g/mol. The predicted molar refractivity (Wildman–Crippen MR) is 74.3 cm³/mol. The number of hydrogen-bond acceptors (Lipinski definition) is 5.